The highest BCUT2D eigenvalue weighted by molar-refractivity contribution is 7.09. The summed E-state index contributed by atoms with van der Waals surface area (Å²) < 4.78 is 5.89. The maximum absolute atomic E-state index is 5.89. The number of ether oxygens (including phenoxy) is 1. The van der Waals surface area contributed by atoms with Crippen molar-refractivity contribution < 1.29 is 4.74 Å². The van der Waals surface area contributed by atoms with Crippen LogP contribution in [0.5, 0.6) is 5.75 Å². The summed E-state index contributed by atoms with van der Waals surface area (Å²) in [4.78, 5) is 4.36. The van der Waals surface area contributed by atoms with E-state index in [4.69, 9.17) is 4.74 Å². The highest BCUT2D eigenvalue weighted by Crippen LogP contribution is 2.28. The van der Waals surface area contributed by atoms with Gasteiger partial charge in [-0.25, -0.2) is 4.98 Å². The SMILES string of the molecule is CC(C)Oc1ccccc1C(C)NC(C)c1nccs1. The molecule has 0 radical (unpaired) electrons. The van der Waals surface area contributed by atoms with Gasteiger partial charge in [0.2, 0.25) is 0 Å². The molecule has 1 aromatic carbocycles. The molecular weight excluding hydrogens is 268 g/mol. The number of hydrogen-bond acceptors (Lipinski definition) is 4. The molecule has 0 saturated heterocycles. The van der Waals surface area contributed by atoms with E-state index < -0.39 is 0 Å². The molecule has 0 spiro atoms. The molecule has 0 fully saturated rings. The topological polar surface area (TPSA) is 34.1 Å². The van der Waals surface area contributed by atoms with Gasteiger partial charge in [0, 0.05) is 23.2 Å². The van der Waals surface area contributed by atoms with Crippen LogP contribution in [0.1, 0.15) is 50.3 Å². The van der Waals surface area contributed by atoms with Crippen molar-refractivity contribution in [1.29, 1.82) is 0 Å². The molecule has 0 aliphatic heterocycles. The Labute approximate surface area is 125 Å². The van der Waals surface area contributed by atoms with E-state index in [0.29, 0.717) is 0 Å². The van der Waals surface area contributed by atoms with Gasteiger partial charge in [0.15, 0.2) is 0 Å². The molecule has 1 heterocycles. The summed E-state index contributed by atoms with van der Waals surface area (Å²) in [6.07, 6.45) is 2.03. The van der Waals surface area contributed by atoms with Crippen molar-refractivity contribution in [3.8, 4) is 5.75 Å². The summed E-state index contributed by atoms with van der Waals surface area (Å²) in [5, 5.41) is 6.70. The lowest BCUT2D eigenvalue weighted by atomic mass is 10.1. The van der Waals surface area contributed by atoms with Crippen molar-refractivity contribution in [3.63, 3.8) is 0 Å². The second kappa shape index (κ2) is 6.86. The van der Waals surface area contributed by atoms with Gasteiger partial charge in [-0.15, -0.1) is 11.3 Å². The minimum Gasteiger partial charge on any atom is -0.491 e. The van der Waals surface area contributed by atoms with E-state index >= 15 is 0 Å². The van der Waals surface area contributed by atoms with E-state index in [2.05, 4.69) is 36.3 Å². The van der Waals surface area contributed by atoms with Crippen LogP contribution in [0.4, 0.5) is 0 Å². The minimum absolute atomic E-state index is 0.180. The van der Waals surface area contributed by atoms with Crippen LogP contribution in [0.15, 0.2) is 35.8 Å². The Bertz CT molecular complexity index is 525. The zero-order chi connectivity index (χ0) is 14.5. The Morgan fingerprint density at radius 3 is 2.50 bits per heavy atom. The van der Waals surface area contributed by atoms with Crippen LogP contribution in [0, 0.1) is 0 Å². The maximum atomic E-state index is 5.89. The van der Waals surface area contributed by atoms with Crippen LogP contribution in [0.2, 0.25) is 0 Å². The van der Waals surface area contributed by atoms with Gasteiger partial charge < -0.3 is 10.1 Å². The number of thiazole rings is 1. The predicted octanol–water partition coefficient (Wildman–Crippen LogP) is 4.34. The van der Waals surface area contributed by atoms with Crippen molar-refractivity contribution in [1.82, 2.24) is 10.3 Å². The van der Waals surface area contributed by atoms with Crippen molar-refractivity contribution in [2.75, 3.05) is 0 Å². The van der Waals surface area contributed by atoms with Gasteiger partial charge in [0.1, 0.15) is 10.8 Å². The van der Waals surface area contributed by atoms with Crippen molar-refractivity contribution in [3.05, 3.63) is 46.4 Å². The molecular formula is C16H22N2OS. The molecule has 4 heteroatoms. The molecule has 0 aliphatic rings. The Balaban J connectivity index is 2.10. The molecule has 108 valence electrons. The third-order valence-corrected chi connectivity index (χ3v) is 4.03. The van der Waals surface area contributed by atoms with E-state index in [-0.39, 0.29) is 18.2 Å². The van der Waals surface area contributed by atoms with E-state index in [1.807, 2.05) is 37.6 Å². The summed E-state index contributed by atoms with van der Waals surface area (Å²) in [5.74, 6) is 0.953. The van der Waals surface area contributed by atoms with Crippen LogP contribution < -0.4 is 10.1 Å². The summed E-state index contributed by atoms with van der Waals surface area (Å²) in [5.41, 5.74) is 1.18. The van der Waals surface area contributed by atoms with Crippen LogP contribution in [0.3, 0.4) is 0 Å². The van der Waals surface area contributed by atoms with E-state index in [9.17, 15) is 0 Å². The van der Waals surface area contributed by atoms with E-state index in [1.54, 1.807) is 11.3 Å². The lowest BCUT2D eigenvalue weighted by Gasteiger charge is -2.22. The van der Waals surface area contributed by atoms with Gasteiger partial charge in [0.05, 0.1) is 12.1 Å². The Morgan fingerprint density at radius 1 is 1.10 bits per heavy atom. The molecule has 1 aromatic heterocycles. The van der Waals surface area contributed by atoms with E-state index in [1.165, 1.54) is 5.56 Å². The highest BCUT2D eigenvalue weighted by atomic mass is 32.1. The van der Waals surface area contributed by atoms with Crippen molar-refractivity contribution >= 4 is 11.3 Å². The number of para-hydroxylation sites is 1. The third kappa shape index (κ3) is 3.81. The Kier molecular flexibility index (Phi) is 5.15. The zero-order valence-corrected chi connectivity index (χ0v) is 13.3. The quantitative estimate of drug-likeness (QED) is 0.859. The van der Waals surface area contributed by atoms with Crippen molar-refractivity contribution in [2.24, 2.45) is 0 Å². The Morgan fingerprint density at radius 2 is 1.85 bits per heavy atom. The summed E-state index contributed by atoms with van der Waals surface area (Å²) in [6, 6.07) is 8.65. The summed E-state index contributed by atoms with van der Waals surface area (Å²) in [7, 11) is 0. The first-order valence-electron chi connectivity index (χ1n) is 6.99. The lowest BCUT2D eigenvalue weighted by Crippen LogP contribution is -2.23. The number of rotatable bonds is 6. The fourth-order valence-corrected chi connectivity index (χ4v) is 2.84. The second-order valence-electron chi connectivity index (χ2n) is 5.18. The van der Waals surface area contributed by atoms with Crippen molar-refractivity contribution in [2.45, 2.75) is 45.9 Å². The molecule has 2 rings (SSSR count). The highest BCUT2D eigenvalue weighted by Gasteiger charge is 2.16. The molecule has 0 bridgehead atoms. The van der Waals surface area contributed by atoms with Gasteiger partial charge in [0.25, 0.3) is 0 Å². The van der Waals surface area contributed by atoms with Gasteiger partial charge in [-0.1, -0.05) is 18.2 Å². The zero-order valence-electron chi connectivity index (χ0n) is 12.5. The van der Waals surface area contributed by atoms with Crippen LogP contribution >= 0.6 is 11.3 Å². The predicted molar refractivity (Wildman–Crippen MR) is 84.3 cm³/mol. The number of nitrogens with one attached hydrogen (secondary N) is 1. The number of aromatic nitrogens is 1. The normalized spacial score (nSPS) is 14.2. The van der Waals surface area contributed by atoms with Gasteiger partial charge in [-0.05, 0) is 33.8 Å². The van der Waals surface area contributed by atoms with Crippen LogP contribution in [-0.4, -0.2) is 11.1 Å². The minimum atomic E-state index is 0.180. The average molecular weight is 290 g/mol. The molecule has 0 saturated carbocycles. The van der Waals surface area contributed by atoms with Crippen LogP contribution in [-0.2, 0) is 0 Å². The van der Waals surface area contributed by atoms with Gasteiger partial charge in [-0.2, -0.15) is 0 Å². The number of benzene rings is 1. The standard InChI is InChI=1S/C16H22N2OS/c1-11(2)19-15-8-6-5-7-14(15)12(3)18-13(4)16-17-9-10-20-16/h5-13,18H,1-4H3. The number of nitrogens with zero attached hydrogens (tertiary/aromatic N) is 1. The first kappa shape index (κ1) is 15.0. The summed E-state index contributed by atoms with van der Waals surface area (Å²) >= 11 is 1.68. The largest absolute Gasteiger partial charge is 0.491 e. The molecule has 2 unspecified atom stereocenters. The first-order chi connectivity index (χ1) is 9.58. The summed E-state index contributed by atoms with van der Waals surface area (Å²) in [6.45, 7) is 8.40. The molecule has 2 atom stereocenters. The molecule has 0 aliphatic carbocycles. The average Bonchev–Trinajstić information content (AvgIpc) is 2.92. The molecule has 20 heavy (non-hydrogen) atoms. The molecule has 2 aromatic rings. The van der Waals surface area contributed by atoms with Gasteiger partial charge >= 0.3 is 0 Å². The van der Waals surface area contributed by atoms with Crippen LogP contribution in [0.25, 0.3) is 0 Å². The fourth-order valence-electron chi connectivity index (χ4n) is 2.18. The monoisotopic (exact) mass is 290 g/mol. The lowest BCUT2D eigenvalue weighted by molar-refractivity contribution is 0.237. The number of hydrogen-bond donors (Lipinski definition) is 1. The maximum Gasteiger partial charge on any atom is 0.124 e. The fraction of sp³-hybridized carbons (Fsp3) is 0.438. The smallest absolute Gasteiger partial charge is 0.124 e. The second-order valence-corrected chi connectivity index (χ2v) is 6.11. The molecule has 3 nitrogen and oxygen atoms in total. The van der Waals surface area contributed by atoms with E-state index in [0.717, 1.165) is 10.8 Å². The first-order valence-corrected chi connectivity index (χ1v) is 7.87. The van der Waals surface area contributed by atoms with Gasteiger partial charge in [-0.3, -0.25) is 0 Å². The molecule has 1 N–H and O–H groups in total. The Hall–Kier alpha value is -1.39. The molecule has 0 amide bonds. The third-order valence-electron chi connectivity index (χ3n) is 3.07.